The predicted octanol–water partition coefficient (Wildman–Crippen LogP) is 2.98. The maximum atomic E-state index is 12.8. The number of rotatable bonds is 8. The molecule has 0 unspecified atom stereocenters. The number of thioether (sulfide) groups is 1. The van der Waals surface area contributed by atoms with E-state index in [1.165, 1.54) is 23.3 Å². The minimum atomic E-state index is -0.230. The molecule has 0 bridgehead atoms. The van der Waals surface area contributed by atoms with Gasteiger partial charge in [-0.3, -0.25) is 19.0 Å². The van der Waals surface area contributed by atoms with Crippen LogP contribution in [0.25, 0.3) is 10.9 Å². The number of amides is 1. The number of fused-ring (bicyclic) bond motifs is 1. The fraction of sp³-hybridized carbons (Fsp3) is 0.238. The summed E-state index contributed by atoms with van der Waals surface area (Å²) < 4.78 is 6.63. The molecule has 0 fully saturated rings. The van der Waals surface area contributed by atoms with E-state index in [9.17, 15) is 14.4 Å². The maximum Gasteiger partial charge on any atom is 0.262 e. The fourth-order valence-electron chi connectivity index (χ4n) is 2.75. The average molecular weight is 411 g/mol. The summed E-state index contributed by atoms with van der Waals surface area (Å²) in [5.41, 5.74) is 1.62. The van der Waals surface area contributed by atoms with Crippen LogP contribution in [0.5, 0.6) is 0 Å². The van der Waals surface area contributed by atoms with Gasteiger partial charge in [-0.05, 0) is 43.3 Å². The highest BCUT2D eigenvalue weighted by molar-refractivity contribution is 7.99. The fourth-order valence-corrected chi connectivity index (χ4v) is 3.58. The predicted molar refractivity (Wildman–Crippen MR) is 114 cm³/mol. The molecule has 1 N–H and O–H groups in total. The third kappa shape index (κ3) is 5.10. The molecule has 0 aliphatic rings. The van der Waals surface area contributed by atoms with Crippen molar-refractivity contribution in [1.29, 1.82) is 0 Å². The maximum absolute atomic E-state index is 12.8. The number of benzene rings is 2. The molecule has 2 aromatic carbocycles. The number of nitrogens with zero attached hydrogens (tertiary/aromatic N) is 2. The summed E-state index contributed by atoms with van der Waals surface area (Å²) in [6.07, 6.45) is 0. The molecule has 29 heavy (non-hydrogen) atoms. The zero-order valence-corrected chi connectivity index (χ0v) is 17.0. The van der Waals surface area contributed by atoms with E-state index in [-0.39, 0.29) is 23.0 Å². The number of ether oxygens (including phenoxy) is 1. The van der Waals surface area contributed by atoms with Crippen LogP contribution in [0.1, 0.15) is 17.3 Å². The van der Waals surface area contributed by atoms with Gasteiger partial charge < -0.3 is 10.1 Å². The van der Waals surface area contributed by atoms with Gasteiger partial charge in [0.15, 0.2) is 10.9 Å². The third-order valence-corrected chi connectivity index (χ3v) is 5.23. The van der Waals surface area contributed by atoms with E-state index >= 15 is 0 Å². The Morgan fingerprint density at radius 2 is 1.86 bits per heavy atom. The van der Waals surface area contributed by atoms with Crippen molar-refractivity contribution in [2.24, 2.45) is 0 Å². The van der Waals surface area contributed by atoms with E-state index in [0.29, 0.717) is 40.5 Å². The van der Waals surface area contributed by atoms with Crippen LogP contribution in [0.2, 0.25) is 0 Å². The lowest BCUT2D eigenvalue weighted by Crippen LogP contribution is -2.26. The van der Waals surface area contributed by atoms with Gasteiger partial charge in [-0.2, -0.15) is 0 Å². The summed E-state index contributed by atoms with van der Waals surface area (Å²) in [4.78, 5) is 41.0. The Labute approximate surface area is 172 Å². The summed E-state index contributed by atoms with van der Waals surface area (Å²) in [6, 6.07) is 13.8. The van der Waals surface area contributed by atoms with Crippen LogP contribution in [0.4, 0.5) is 5.69 Å². The first-order valence-corrected chi connectivity index (χ1v) is 10.0. The summed E-state index contributed by atoms with van der Waals surface area (Å²) in [5, 5.41) is 3.78. The molecule has 1 amide bonds. The van der Waals surface area contributed by atoms with Crippen molar-refractivity contribution < 1.29 is 14.3 Å². The molecular weight excluding hydrogens is 390 g/mol. The minimum absolute atomic E-state index is 0.0326. The van der Waals surface area contributed by atoms with Crippen LogP contribution in [0.15, 0.2) is 58.5 Å². The van der Waals surface area contributed by atoms with Crippen molar-refractivity contribution in [3.63, 3.8) is 0 Å². The van der Waals surface area contributed by atoms with Gasteiger partial charge in [0.05, 0.1) is 29.8 Å². The molecule has 7 nitrogen and oxygen atoms in total. The van der Waals surface area contributed by atoms with E-state index in [1.807, 2.05) is 6.07 Å². The molecule has 150 valence electrons. The molecule has 1 aromatic heterocycles. The largest absolute Gasteiger partial charge is 0.383 e. The quantitative estimate of drug-likeness (QED) is 0.348. The molecule has 0 saturated heterocycles. The monoisotopic (exact) mass is 411 g/mol. The Morgan fingerprint density at radius 3 is 2.55 bits per heavy atom. The molecule has 0 aliphatic carbocycles. The van der Waals surface area contributed by atoms with E-state index < -0.39 is 0 Å². The van der Waals surface area contributed by atoms with Crippen LogP contribution in [0, 0.1) is 0 Å². The van der Waals surface area contributed by atoms with Crippen LogP contribution in [-0.4, -0.2) is 40.7 Å². The second-order valence-electron chi connectivity index (χ2n) is 6.33. The van der Waals surface area contributed by atoms with Crippen molar-refractivity contribution in [2.75, 3.05) is 24.8 Å². The highest BCUT2D eigenvalue weighted by Crippen LogP contribution is 2.18. The second kappa shape index (κ2) is 9.49. The van der Waals surface area contributed by atoms with Crippen LogP contribution in [-0.2, 0) is 16.1 Å². The topological polar surface area (TPSA) is 90.3 Å². The van der Waals surface area contributed by atoms with Gasteiger partial charge in [0.2, 0.25) is 5.91 Å². The molecule has 3 rings (SSSR count). The van der Waals surface area contributed by atoms with Gasteiger partial charge in [0, 0.05) is 18.4 Å². The average Bonchev–Trinajstić information content (AvgIpc) is 2.72. The van der Waals surface area contributed by atoms with Crippen LogP contribution in [0.3, 0.4) is 0 Å². The number of methoxy groups -OCH3 is 1. The zero-order valence-electron chi connectivity index (χ0n) is 16.2. The van der Waals surface area contributed by atoms with E-state index in [0.717, 1.165) is 0 Å². The summed E-state index contributed by atoms with van der Waals surface area (Å²) in [7, 11) is 1.57. The van der Waals surface area contributed by atoms with E-state index in [1.54, 1.807) is 49.6 Å². The van der Waals surface area contributed by atoms with Gasteiger partial charge in [-0.25, -0.2) is 4.98 Å². The van der Waals surface area contributed by atoms with Gasteiger partial charge in [-0.15, -0.1) is 0 Å². The van der Waals surface area contributed by atoms with Crippen molar-refractivity contribution in [3.05, 3.63) is 64.4 Å². The molecular formula is C21H21N3O4S. The number of anilines is 1. The number of ketones is 1. The lowest BCUT2D eigenvalue weighted by Gasteiger charge is -2.12. The summed E-state index contributed by atoms with van der Waals surface area (Å²) in [5.74, 6) is -0.173. The number of carbonyl (C=O) groups is 2. The van der Waals surface area contributed by atoms with Crippen molar-refractivity contribution in [2.45, 2.75) is 18.6 Å². The van der Waals surface area contributed by atoms with Gasteiger partial charge in [0.25, 0.3) is 5.56 Å². The number of aromatic nitrogens is 2. The van der Waals surface area contributed by atoms with Crippen molar-refractivity contribution in [3.8, 4) is 0 Å². The Bertz CT molecular complexity index is 1090. The van der Waals surface area contributed by atoms with Gasteiger partial charge in [-0.1, -0.05) is 23.9 Å². The molecule has 3 aromatic rings. The standard InChI is InChI=1S/C21H21N3O4S/c1-14(25)15-7-9-16(10-8-15)22-19(26)13-29-21-23-18-6-4-3-5-17(18)20(27)24(21)11-12-28-2/h3-10H,11-13H2,1-2H3,(H,22,26). The first-order valence-electron chi connectivity index (χ1n) is 9.02. The summed E-state index contributed by atoms with van der Waals surface area (Å²) >= 11 is 1.19. The lowest BCUT2D eigenvalue weighted by molar-refractivity contribution is -0.113. The number of carbonyl (C=O) groups excluding carboxylic acids is 2. The number of hydrogen-bond acceptors (Lipinski definition) is 6. The molecule has 0 saturated carbocycles. The van der Waals surface area contributed by atoms with Gasteiger partial charge in [0.1, 0.15) is 0 Å². The first-order chi connectivity index (χ1) is 14.0. The Hall–Kier alpha value is -2.97. The third-order valence-electron chi connectivity index (χ3n) is 4.25. The van der Waals surface area contributed by atoms with Crippen LogP contribution >= 0.6 is 11.8 Å². The molecule has 0 spiro atoms. The van der Waals surface area contributed by atoms with E-state index in [2.05, 4.69) is 10.3 Å². The number of para-hydroxylation sites is 1. The molecule has 0 atom stereocenters. The van der Waals surface area contributed by atoms with Gasteiger partial charge >= 0.3 is 0 Å². The minimum Gasteiger partial charge on any atom is -0.383 e. The molecule has 0 radical (unpaired) electrons. The first kappa shape index (κ1) is 20.8. The number of nitrogens with one attached hydrogen (secondary N) is 1. The number of hydrogen-bond donors (Lipinski definition) is 1. The Kier molecular flexibility index (Phi) is 6.79. The normalized spacial score (nSPS) is 10.8. The Balaban J connectivity index is 1.75. The van der Waals surface area contributed by atoms with Crippen molar-refractivity contribution in [1.82, 2.24) is 9.55 Å². The number of Topliss-reactive ketones (excluding diaryl/α,β-unsaturated/α-hetero) is 1. The Morgan fingerprint density at radius 1 is 1.14 bits per heavy atom. The second-order valence-corrected chi connectivity index (χ2v) is 7.27. The SMILES string of the molecule is COCCn1c(SCC(=O)Nc2ccc(C(C)=O)cc2)nc2ccccc2c1=O. The lowest BCUT2D eigenvalue weighted by atomic mass is 10.1. The molecule has 8 heteroatoms. The highest BCUT2D eigenvalue weighted by Gasteiger charge is 2.13. The smallest absolute Gasteiger partial charge is 0.262 e. The zero-order chi connectivity index (χ0) is 20.8. The van der Waals surface area contributed by atoms with Crippen LogP contribution < -0.4 is 10.9 Å². The van der Waals surface area contributed by atoms with E-state index in [4.69, 9.17) is 4.74 Å². The van der Waals surface area contributed by atoms with Crippen molar-refractivity contribution >= 4 is 40.0 Å². The molecule has 0 aliphatic heterocycles. The molecule has 1 heterocycles. The highest BCUT2D eigenvalue weighted by atomic mass is 32.2. The summed E-state index contributed by atoms with van der Waals surface area (Å²) in [6.45, 7) is 2.20.